The molecule has 3 aromatic rings. The van der Waals surface area contributed by atoms with Crippen molar-refractivity contribution in [2.75, 3.05) is 13.2 Å². The SMILES string of the molecule is CCCCCOc1ccc2cc(-c3noc(C4CCCN4)n3)ccc2c1.Cl. The summed E-state index contributed by atoms with van der Waals surface area (Å²) < 4.78 is 11.3. The largest absolute Gasteiger partial charge is 0.494 e. The Hall–Kier alpha value is -2.11. The number of nitrogens with one attached hydrogen (secondary N) is 1. The molecule has 0 bridgehead atoms. The number of hydrogen-bond acceptors (Lipinski definition) is 5. The second-order valence-corrected chi connectivity index (χ2v) is 6.88. The summed E-state index contributed by atoms with van der Waals surface area (Å²) in [5.74, 6) is 2.26. The van der Waals surface area contributed by atoms with E-state index in [-0.39, 0.29) is 18.4 Å². The van der Waals surface area contributed by atoms with Gasteiger partial charge in [-0.2, -0.15) is 4.98 Å². The summed E-state index contributed by atoms with van der Waals surface area (Å²) in [6.45, 7) is 3.99. The number of ether oxygens (including phenoxy) is 1. The van der Waals surface area contributed by atoms with Gasteiger partial charge in [0, 0.05) is 5.56 Å². The number of benzene rings is 2. The molecule has 0 spiro atoms. The van der Waals surface area contributed by atoms with Gasteiger partial charge in [-0.05, 0) is 54.8 Å². The fourth-order valence-electron chi connectivity index (χ4n) is 3.38. The number of hydrogen-bond donors (Lipinski definition) is 1. The van der Waals surface area contributed by atoms with Gasteiger partial charge in [0.05, 0.1) is 12.6 Å². The lowest BCUT2D eigenvalue weighted by atomic mass is 10.1. The molecule has 144 valence electrons. The van der Waals surface area contributed by atoms with E-state index >= 15 is 0 Å². The Morgan fingerprint density at radius 3 is 2.81 bits per heavy atom. The van der Waals surface area contributed by atoms with Gasteiger partial charge in [-0.15, -0.1) is 12.4 Å². The van der Waals surface area contributed by atoms with Crippen LogP contribution in [0.5, 0.6) is 5.75 Å². The van der Waals surface area contributed by atoms with E-state index in [2.05, 4.69) is 46.6 Å². The second-order valence-electron chi connectivity index (χ2n) is 6.88. The Morgan fingerprint density at radius 2 is 2.00 bits per heavy atom. The Balaban J connectivity index is 0.00000210. The number of nitrogens with zero attached hydrogens (tertiary/aromatic N) is 2. The zero-order valence-electron chi connectivity index (χ0n) is 15.6. The van der Waals surface area contributed by atoms with Crippen LogP contribution in [-0.4, -0.2) is 23.3 Å². The molecule has 1 atom stereocenters. The highest BCUT2D eigenvalue weighted by molar-refractivity contribution is 5.87. The second kappa shape index (κ2) is 9.20. The summed E-state index contributed by atoms with van der Waals surface area (Å²) in [5, 5.41) is 9.85. The molecule has 27 heavy (non-hydrogen) atoms. The third-order valence-corrected chi connectivity index (χ3v) is 4.89. The van der Waals surface area contributed by atoms with Gasteiger partial charge in [-0.1, -0.05) is 43.1 Å². The molecular formula is C21H26ClN3O2. The van der Waals surface area contributed by atoms with Crippen LogP contribution in [0.4, 0.5) is 0 Å². The maximum Gasteiger partial charge on any atom is 0.244 e. The molecule has 1 unspecified atom stereocenters. The molecule has 0 radical (unpaired) electrons. The molecule has 1 aliphatic heterocycles. The van der Waals surface area contributed by atoms with Crippen molar-refractivity contribution in [1.29, 1.82) is 0 Å². The lowest BCUT2D eigenvalue weighted by Crippen LogP contribution is -2.12. The van der Waals surface area contributed by atoms with Gasteiger partial charge >= 0.3 is 0 Å². The van der Waals surface area contributed by atoms with Crippen LogP contribution in [0, 0.1) is 0 Å². The Bertz CT molecular complexity index is 875. The summed E-state index contributed by atoms with van der Waals surface area (Å²) in [7, 11) is 0. The zero-order valence-corrected chi connectivity index (χ0v) is 16.4. The first kappa shape index (κ1) is 19.6. The van der Waals surface area contributed by atoms with Gasteiger partial charge < -0.3 is 14.6 Å². The quantitative estimate of drug-likeness (QED) is 0.557. The molecule has 1 N–H and O–H groups in total. The van der Waals surface area contributed by atoms with Crippen molar-refractivity contribution in [3.05, 3.63) is 42.3 Å². The summed E-state index contributed by atoms with van der Waals surface area (Å²) in [5.41, 5.74) is 0.974. The molecule has 2 aromatic carbocycles. The van der Waals surface area contributed by atoms with Crippen molar-refractivity contribution in [2.24, 2.45) is 0 Å². The smallest absolute Gasteiger partial charge is 0.244 e. The van der Waals surface area contributed by atoms with Crippen LogP contribution in [0.25, 0.3) is 22.2 Å². The summed E-state index contributed by atoms with van der Waals surface area (Å²) in [4.78, 5) is 4.58. The normalized spacial score (nSPS) is 16.4. The van der Waals surface area contributed by atoms with Crippen LogP contribution < -0.4 is 10.1 Å². The molecule has 0 saturated carbocycles. The van der Waals surface area contributed by atoms with Gasteiger partial charge in [0.25, 0.3) is 0 Å². The van der Waals surface area contributed by atoms with Crippen molar-refractivity contribution in [3.8, 4) is 17.1 Å². The predicted molar refractivity (Wildman–Crippen MR) is 109 cm³/mol. The molecular weight excluding hydrogens is 362 g/mol. The average molecular weight is 388 g/mol. The summed E-state index contributed by atoms with van der Waals surface area (Å²) in [6, 6.07) is 12.6. The number of halogens is 1. The van der Waals surface area contributed by atoms with Crippen LogP contribution in [0.1, 0.15) is 51.0 Å². The fourth-order valence-corrected chi connectivity index (χ4v) is 3.38. The first-order valence-electron chi connectivity index (χ1n) is 9.57. The Labute approximate surface area is 165 Å². The lowest BCUT2D eigenvalue weighted by molar-refractivity contribution is 0.306. The highest BCUT2D eigenvalue weighted by atomic mass is 35.5. The number of unbranched alkanes of at least 4 members (excludes halogenated alkanes) is 2. The third kappa shape index (κ3) is 4.60. The topological polar surface area (TPSA) is 60.2 Å². The van der Waals surface area contributed by atoms with E-state index < -0.39 is 0 Å². The highest BCUT2D eigenvalue weighted by Crippen LogP contribution is 2.28. The lowest BCUT2D eigenvalue weighted by Gasteiger charge is -2.07. The Morgan fingerprint density at radius 1 is 1.15 bits per heavy atom. The van der Waals surface area contributed by atoms with Crippen molar-refractivity contribution in [3.63, 3.8) is 0 Å². The van der Waals surface area contributed by atoms with Gasteiger partial charge in [0.15, 0.2) is 0 Å². The van der Waals surface area contributed by atoms with Gasteiger partial charge in [0.1, 0.15) is 5.75 Å². The molecule has 1 aromatic heterocycles. The Kier molecular flexibility index (Phi) is 6.69. The average Bonchev–Trinajstić information content (AvgIpc) is 3.36. The standard InChI is InChI=1S/C21H25N3O2.ClH/c1-2-3-4-12-25-18-10-9-15-13-17(8-7-16(15)14-18)20-23-21(26-24-20)19-6-5-11-22-19;/h7-10,13-14,19,22H,2-6,11-12H2,1H3;1H. The van der Waals surface area contributed by atoms with Crippen LogP contribution in [0.15, 0.2) is 40.9 Å². The van der Waals surface area contributed by atoms with Crippen LogP contribution in [-0.2, 0) is 0 Å². The molecule has 2 heterocycles. The van der Waals surface area contributed by atoms with Gasteiger partial charge in [-0.3, -0.25) is 0 Å². The molecule has 0 amide bonds. The van der Waals surface area contributed by atoms with E-state index in [0.29, 0.717) is 11.7 Å². The van der Waals surface area contributed by atoms with E-state index in [4.69, 9.17) is 9.26 Å². The molecule has 6 heteroatoms. The summed E-state index contributed by atoms with van der Waals surface area (Å²) in [6.07, 6.45) is 5.73. The van der Waals surface area contributed by atoms with Crippen molar-refractivity contribution < 1.29 is 9.26 Å². The number of rotatable bonds is 7. The maximum atomic E-state index is 5.84. The van der Waals surface area contributed by atoms with Crippen LogP contribution in [0.2, 0.25) is 0 Å². The van der Waals surface area contributed by atoms with Gasteiger partial charge in [-0.25, -0.2) is 0 Å². The van der Waals surface area contributed by atoms with Crippen LogP contribution in [0.3, 0.4) is 0 Å². The van der Waals surface area contributed by atoms with E-state index in [1.54, 1.807) is 0 Å². The maximum absolute atomic E-state index is 5.84. The minimum absolute atomic E-state index is 0. The van der Waals surface area contributed by atoms with Crippen LogP contribution >= 0.6 is 12.4 Å². The van der Waals surface area contributed by atoms with E-state index in [1.807, 2.05) is 12.1 Å². The number of aromatic nitrogens is 2. The monoisotopic (exact) mass is 387 g/mol. The number of fused-ring (bicyclic) bond motifs is 1. The molecule has 1 saturated heterocycles. The third-order valence-electron chi connectivity index (χ3n) is 4.89. The molecule has 1 fully saturated rings. The zero-order chi connectivity index (χ0) is 17.8. The first-order chi connectivity index (χ1) is 12.8. The molecule has 1 aliphatic rings. The van der Waals surface area contributed by atoms with E-state index in [1.165, 1.54) is 12.8 Å². The predicted octanol–water partition coefficient (Wildman–Crippen LogP) is 5.31. The minimum Gasteiger partial charge on any atom is -0.494 e. The summed E-state index contributed by atoms with van der Waals surface area (Å²) >= 11 is 0. The van der Waals surface area contributed by atoms with E-state index in [9.17, 15) is 0 Å². The molecule has 5 nitrogen and oxygen atoms in total. The highest BCUT2D eigenvalue weighted by Gasteiger charge is 2.22. The minimum atomic E-state index is 0. The fraction of sp³-hybridized carbons (Fsp3) is 0.429. The van der Waals surface area contributed by atoms with Crippen molar-refractivity contribution >= 4 is 23.2 Å². The first-order valence-corrected chi connectivity index (χ1v) is 9.57. The van der Waals surface area contributed by atoms with Crippen molar-refractivity contribution in [2.45, 2.75) is 45.1 Å². The van der Waals surface area contributed by atoms with E-state index in [0.717, 1.165) is 54.5 Å². The van der Waals surface area contributed by atoms with Gasteiger partial charge in [0.2, 0.25) is 11.7 Å². The van der Waals surface area contributed by atoms with Crippen molar-refractivity contribution in [1.82, 2.24) is 15.5 Å². The molecule has 4 rings (SSSR count). The molecule has 0 aliphatic carbocycles.